The maximum atomic E-state index is 11.4. The molecule has 2 nitrogen and oxygen atoms in total. The molecule has 0 saturated heterocycles. The number of carbonyl (C=O) groups excluding carboxylic acids is 1. The van der Waals surface area contributed by atoms with E-state index in [9.17, 15) is 4.79 Å². The zero-order valence-corrected chi connectivity index (χ0v) is 10.2. The molecule has 3 heteroatoms. The van der Waals surface area contributed by atoms with Crippen LogP contribution in [0, 0.1) is 5.92 Å². The highest BCUT2D eigenvalue weighted by Crippen LogP contribution is 2.06. The Hall–Kier alpha value is -0.240. The third kappa shape index (κ3) is 6.25. The monoisotopic (exact) mass is 219 g/mol. The molecule has 0 aliphatic rings. The van der Waals surface area contributed by atoms with Crippen molar-refractivity contribution in [2.45, 2.75) is 52.5 Å². The molecule has 0 rings (SSSR count). The molecule has 0 aromatic rings. The van der Waals surface area contributed by atoms with E-state index >= 15 is 0 Å². The average molecular weight is 220 g/mol. The van der Waals surface area contributed by atoms with Crippen LogP contribution in [-0.2, 0) is 4.79 Å². The summed E-state index contributed by atoms with van der Waals surface area (Å²) in [6.07, 6.45) is 3.42. The molecule has 0 aliphatic carbocycles. The second kappa shape index (κ2) is 8.10. The molecule has 0 saturated carbocycles. The van der Waals surface area contributed by atoms with E-state index in [1.807, 2.05) is 0 Å². The van der Waals surface area contributed by atoms with Crippen molar-refractivity contribution in [1.82, 2.24) is 5.32 Å². The lowest BCUT2D eigenvalue weighted by atomic mass is 10.0. The van der Waals surface area contributed by atoms with Crippen molar-refractivity contribution in [3.05, 3.63) is 0 Å². The number of hydrogen-bond donors (Lipinski definition) is 1. The third-order valence-corrected chi connectivity index (χ3v) is 2.65. The largest absolute Gasteiger partial charge is 0.353 e. The Bertz CT molecular complexity index is 159. The Labute approximate surface area is 92.4 Å². The number of amides is 1. The minimum Gasteiger partial charge on any atom is -0.353 e. The van der Waals surface area contributed by atoms with Crippen molar-refractivity contribution in [3.63, 3.8) is 0 Å². The van der Waals surface area contributed by atoms with Gasteiger partial charge in [-0.15, -0.1) is 11.6 Å². The highest BCUT2D eigenvalue weighted by Gasteiger charge is 2.13. The number of hydrogen-bond acceptors (Lipinski definition) is 1. The van der Waals surface area contributed by atoms with E-state index in [1.165, 1.54) is 0 Å². The first-order chi connectivity index (χ1) is 6.61. The van der Waals surface area contributed by atoms with E-state index in [0.717, 1.165) is 19.3 Å². The minimum absolute atomic E-state index is 0.163. The summed E-state index contributed by atoms with van der Waals surface area (Å²) in [5.41, 5.74) is 0. The molecule has 0 radical (unpaired) electrons. The summed E-state index contributed by atoms with van der Waals surface area (Å²) in [6.45, 7) is 6.37. The summed E-state index contributed by atoms with van der Waals surface area (Å²) in [5.74, 6) is 1.32. The van der Waals surface area contributed by atoms with Gasteiger partial charge in [0.1, 0.15) is 0 Å². The van der Waals surface area contributed by atoms with Crippen LogP contribution in [0.4, 0.5) is 0 Å². The Morgan fingerprint density at radius 1 is 1.36 bits per heavy atom. The summed E-state index contributed by atoms with van der Waals surface area (Å²) in [4.78, 5) is 11.4. The van der Waals surface area contributed by atoms with Gasteiger partial charge >= 0.3 is 0 Å². The van der Waals surface area contributed by atoms with Crippen LogP contribution in [0.5, 0.6) is 0 Å². The van der Waals surface area contributed by atoms with Gasteiger partial charge in [-0.2, -0.15) is 0 Å². The first-order valence-corrected chi connectivity index (χ1v) is 6.00. The molecule has 0 bridgehead atoms. The fraction of sp³-hybridized carbons (Fsp3) is 0.909. The van der Waals surface area contributed by atoms with E-state index in [2.05, 4.69) is 26.1 Å². The number of carbonyl (C=O) groups is 1. The summed E-state index contributed by atoms with van der Waals surface area (Å²) < 4.78 is 0. The van der Waals surface area contributed by atoms with Crippen molar-refractivity contribution in [2.24, 2.45) is 5.92 Å². The lowest BCUT2D eigenvalue weighted by Gasteiger charge is -2.20. The summed E-state index contributed by atoms with van der Waals surface area (Å²) in [6, 6.07) is 0.318. The molecule has 1 amide bonds. The van der Waals surface area contributed by atoms with Crippen LogP contribution in [0.3, 0.4) is 0 Å². The van der Waals surface area contributed by atoms with Gasteiger partial charge in [0, 0.05) is 18.3 Å². The molecule has 1 unspecified atom stereocenters. The Kier molecular flexibility index (Phi) is 7.96. The van der Waals surface area contributed by atoms with E-state index in [0.29, 0.717) is 24.3 Å². The fourth-order valence-electron chi connectivity index (χ4n) is 1.40. The van der Waals surface area contributed by atoms with E-state index in [-0.39, 0.29) is 5.91 Å². The highest BCUT2D eigenvalue weighted by molar-refractivity contribution is 6.17. The van der Waals surface area contributed by atoms with E-state index in [1.54, 1.807) is 0 Å². The topological polar surface area (TPSA) is 29.1 Å². The van der Waals surface area contributed by atoms with Gasteiger partial charge in [0.05, 0.1) is 0 Å². The van der Waals surface area contributed by atoms with Gasteiger partial charge < -0.3 is 5.32 Å². The van der Waals surface area contributed by atoms with Crippen LogP contribution in [0.2, 0.25) is 0 Å². The molecule has 0 heterocycles. The van der Waals surface area contributed by atoms with Gasteiger partial charge in [-0.1, -0.05) is 20.8 Å². The van der Waals surface area contributed by atoms with Crippen LogP contribution in [0.25, 0.3) is 0 Å². The lowest BCUT2D eigenvalue weighted by Crippen LogP contribution is -2.37. The number of unbranched alkanes of at least 4 members (excludes halogenated alkanes) is 1. The Morgan fingerprint density at radius 3 is 2.43 bits per heavy atom. The molecule has 1 atom stereocenters. The second-order valence-corrected chi connectivity index (χ2v) is 4.35. The molecule has 1 N–H and O–H groups in total. The van der Waals surface area contributed by atoms with Crippen LogP contribution in [0.15, 0.2) is 0 Å². The van der Waals surface area contributed by atoms with Gasteiger partial charge in [-0.3, -0.25) is 4.79 Å². The zero-order chi connectivity index (χ0) is 11.0. The smallest absolute Gasteiger partial charge is 0.220 e. The van der Waals surface area contributed by atoms with Crippen LogP contribution < -0.4 is 5.32 Å². The normalized spacial score (nSPS) is 12.9. The number of rotatable bonds is 7. The third-order valence-electron chi connectivity index (χ3n) is 2.38. The molecule has 0 aromatic carbocycles. The maximum absolute atomic E-state index is 11.4. The van der Waals surface area contributed by atoms with Crippen molar-refractivity contribution < 1.29 is 4.79 Å². The van der Waals surface area contributed by atoms with Crippen molar-refractivity contribution >= 4 is 17.5 Å². The van der Waals surface area contributed by atoms with Gasteiger partial charge in [-0.25, -0.2) is 0 Å². The predicted molar refractivity (Wildman–Crippen MR) is 61.6 cm³/mol. The number of halogens is 1. The highest BCUT2D eigenvalue weighted by atomic mass is 35.5. The van der Waals surface area contributed by atoms with E-state index in [4.69, 9.17) is 11.6 Å². The molecular weight excluding hydrogens is 198 g/mol. The lowest BCUT2D eigenvalue weighted by molar-refractivity contribution is -0.122. The van der Waals surface area contributed by atoms with Gasteiger partial charge in [0.2, 0.25) is 5.91 Å². The standard InChI is InChI=1S/C11H22ClNO/c1-4-10(9(2)3)13-11(14)7-5-6-8-12/h9-10H,4-8H2,1-3H3,(H,13,14). The fourth-order valence-corrected chi connectivity index (χ4v) is 1.59. The summed E-state index contributed by atoms with van der Waals surface area (Å²) in [7, 11) is 0. The average Bonchev–Trinajstić information content (AvgIpc) is 2.14. The van der Waals surface area contributed by atoms with Crippen LogP contribution >= 0.6 is 11.6 Å². The summed E-state index contributed by atoms with van der Waals surface area (Å²) >= 11 is 5.54. The molecule has 0 aliphatic heterocycles. The SMILES string of the molecule is CCC(NC(=O)CCCCCl)C(C)C. The van der Waals surface area contributed by atoms with E-state index < -0.39 is 0 Å². The molecule has 14 heavy (non-hydrogen) atoms. The number of nitrogens with one attached hydrogen (secondary N) is 1. The van der Waals surface area contributed by atoms with Crippen LogP contribution in [-0.4, -0.2) is 17.8 Å². The van der Waals surface area contributed by atoms with Gasteiger partial charge in [0.25, 0.3) is 0 Å². The van der Waals surface area contributed by atoms with Gasteiger partial charge in [-0.05, 0) is 25.2 Å². The first kappa shape index (κ1) is 13.8. The number of alkyl halides is 1. The summed E-state index contributed by atoms with van der Waals surface area (Å²) in [5, 5.41) is 3.04. The molecular formula is C11H22ClNO. The first-order valence-electron chi connectivity index (χ1n) is 5.47. The van der Waals surface area contributed by atoms with Gasteiger partial charge in [0.15, 0.2) is 0 Å². The Balaban J connectivity index is 3.68. The molecule has 0 fully saturated rings. The molecule has 0 aromatic heterocycles. The van der Waals surface area contributed by atoms with Crippen molar-refractivity contribution in [1.29, 1.82) is 0 Å². The molecule has 0 spiro atoms. The predicted octanol–water partition coefficient (Wildman–Crippen LogP) is 2.95. The quantitative estimate of drug-likeness (QED) is 0.518. The molecule has 84 valence electrons. The van der Waals surface area contributed by atoms with Crippen molar-refractivity contribution in [3.8, 4) is 0 Å². The van der Waals surface area contributed by atoms with Crippen molar-refractivity contribution in [2.75, 3.05) is 5.88 Å². The van der Waals surface area contributed by atoms with Crippen LogP contribution in [0.1, 0.15) is 46.5 Å². The maximum Gasteiger partial charge on any atom is 0.220 e. The zero-order valence-electron chi connectivity index (χ0n) is 9.48. The minimum atomic E-state index is 0.163. The Morgan fingerprint density at radius 2 is 2.00 bits per heavy atom. The second-order valence-electron chi connectivity index (χ2n) is 3.97.